The molecule has 1 N–H and O–H groups in total. The molecule has 0 bridgehead atoms. The number of hydrogen-bond acceptors (Lipinski definition) is 1. The van der Waals surface area contributed by atoms with Crippen molar-refractivity contribution < 1.29 is 13.2 Å². The fourth-order valence-electron chi connectivity index (χ4n) is 0.720. The van der Waals surface area contributed by atoms with E-state index >= 15 is 0 Å². The molecule has 0 spiro atoms. The molecule has 0 fully saturated rings. The molecule has 0 aromatic carbocycles. The second-order valence-electron chi connectivity index (χ2n) is 2.13. The minimum absolute atomic E-state index is 0.468. The molecule has 6 heteroatoms. The second-order valence-corrected chi connectivity index (χ2v) is 2.98. The van der Waals surface area contributed by atoms with Crippen LogP contribution in [0.3, 0.4) is 0 Å². The van der Waals surface area contributed by atoms with Crippen molar-refractivity contribution >= 4 is 23.2 Å². The predicted molar refractivity (Wildman–Crippen MR) is 40.9 cm³/mol. The van der Waals surface area contributed by atoms with Crippen LogP contribution in [0.25, 0.3) is 0 Å². The van der Waals surface area contributed by atoms with Crippen molar-refractivity contribution in [2.75, 3.05) is 0 Å². The van der Waals surface area contributed by atoms with Crippen LogP contribution in [-0.4, -0.2) is 11.7 Å². The van der Waals surface area contributed by atoms with E-state index in [2.05, 4.69) is 5.32 Å². The maximum Gasteiger partial charge on any atom is 0.419 e. The molecule has 1 unspecified atom stereocenters. The van der Waals surface area contributed by atoms with Crippen molar-refractivity contribution in [2.45, 2.75) is 11.7 Å². The van der Waals surface area contributed by atoms with Crippen LogP contribution >= 0.6 is 23.2 Å². The average Bonchev–Trinajstić information content (AvgIpc) is 1.83. The first kappa shape index (κ1) is 9.74. The summed E-state index contributed by atoms with van der Waals surface area (Å²) in [6.45, 7) is 0. The number of hydrogen-bond donors (Lipinski definition) is 1. The van der Waals surface area contributed by atoms with Gasteiger partial charge in [0.25, 0.3) is 0 Å². The van der Waals surface area contributed by atoms with E-state index in [9.17, 15) is 13.2 Å². The zero-order valence-electron chi connectivity index (χ0n) is 5.62. The Morgan fingerprint density at radius 2 is 2.00 bits per heavy atom. The Kier molecular flexibility index (Phi) is 2.58. The van der Waals surface area contributed by atoms with Gasteiger partial charge in [0.1, 0.15) is 10.7 Å². The molecule has 0 aromatic rings. The monoisotopic (exact) mass is 217 g/mol. The summed E-state index contributed by atoms with van der Waals surface area (Å²) in [7, 11) is 0. The highest BCUT2D eigenvalue weighted by Crippen LogP contribution is 2.32. The molecule has 1 rings (SSSR count). The van der Waals surface area contributed by atoms with Gasteiger partial charge in [-0.1, -0.05) is 23.2 Å². The maximum absolute atomic E-state index is 12.0. The maximum atomic E-state index is 12.0. The molecule has 0 saturated heterocycles. The average molecular weight is 218 g/mol. The highest BCUT2D eigenvalue weighted by Gasteiger charge is 2.36. The van der Waals surface area contributed by atoms with Gasteiger partial charge in [0.2, 0.25) is 0 Å². The Morgan fingerprint density at radius 3 is 2.42 bits per heavy atom. The number of halogens is 5. The lowest BCUT2D eigenvalue weighted by Crippen LogP contribution is -2.27. The molecule has 1 heterocycles. The number of nitrogens with one attached hydrogen (secondary N) is 1. The van der Waals surface area contributed by atoms with Crippen molar-refractivity contribution in [3.8, 4) is 0 Å². The van der Waals surface area contributed by atoms with Gasteiger partial charge in [-0.25, -0.2) is 0 Å². The summed E-state index contributed by atoms with van der Waals surface area (Å²) < 4.78 is 36.1. The van der Waals surface area contributed by atoms with E-state index < -0.39 is 22.4 Å². The largest absolute Gasteiger partial charge is 0.419 e. The number of dihydropyridines is 1. The summed E-state index contributed by atoms with van der Waals surface area (Å²) in [4.78, 5) is 0. The van der Waals surface area contributed by atoms with Crippen LogP contribution in [0.15, 0.2) is 22.9 Å². The van der Waals surface area contributed by atoms with E-state index in [0.29, 0.717) is 0 Å². The first-order valence-electron chi connectivity index (χ1n) is 2.97. The van der Waals surface area contributed by atoms with Crippen LogP contribution in [0.4, 0.5) is 13.2 Å². The van der Waals surface area contributed by atoms with Crippen molar-refractivity contribution in [1.29, 1.82) is 0 Å². The Balaban J connectivity index is 2.92. The fourth-order valence-corrected chi connectivity index (χ4v) is 1.25. The predicted octanol–water partition coefficient (Wildman–Crippen LogP) is 2.72. The van der Waals surface area contributed by atoms with Crippen LogP contribution in [0.2, 0.25) is 0 Å². The zero-order chi connectivity index (χ0) is 9.35. The Labute approximate surface area is 76.8 Å². The number of alkyl halides is 4. The van der Waals surface area contributed by atoms with E-state index in [1.807, 2.05) is 0 Å². The minimum Gasteiger partial charge on any atom is -0.356 e. The van der Waals surface area contributed by atoms with E-state index in [4.69, 9.17) is 23.2 Å². The standard InChI is InChI=1S/C6H4Cl2F3N/c7-4-2-1-3(5(8)12-4)6(9,10)11/h1-2,4,12H. The lowest BCUT2D eigenvalue weighted by atomic mass is 10.2. The van der Waals surface area contributed by atoms with Crippen LogP contribution in [-0.2, 0) is 0 Å². The number of allylic oxidation sites excluding steroid dienone is 2. The van der Waals surface area contributed by atoms with Gasteiger partial charge in [-0.15, -0.1) is 0 Å². The lowest BCUT2D eigenvalue weighted by molar-refractivity contribution is -0.0890. The summed E-state index contributed by atoms with van der Waals surface area (Å²) in [5, 5.41) is 1.77. The summed E-state index contributed by atoms with van der Waals surface area (Å²) >= 11 is 10.7. The van der Waals surface area contributed by atoms with E-state index in [1.54, 1.807) is 0 Å². The molecule has 0 aromatic heterocycles. The van der Waals surface area contributed by atoms with Gasteiger partial charge in [-0.05, 0) is 12.2 Å². The molecule has 0 saturated carbocycles. The molecule has 0 radical (unpaired) electrons. The smallest absolute Gasteiger partial charge is 0.356 e. The Hall–Kier alpha value is -0.350. The molecule has 0 amide bonds. The van der Waals surface area contributed by atoms with Crippen molar-refractivity contribution in [3.63, 3.8) is 0 Å². The van der Waals surface area contributed by atoms with Crippen LogP contribution < -0.4 is 5.32 Å². The first-order valence-corrected chi connectivity index (χ1v) is 3.78. The molecule has 1 nitrogen and oxygen atoms in total. The van der Waals surface area contributed by atoms with Crippen molar-refractivity contribution in [1.82, 2.24) is 5.32 Å². The van der Waals surface area contributed by atoms with E-state index in [-0.39, 0.29) is 0 Å². The molecule has 1 aliphatic heterocycles. The third-order valence-electron chi connectivity index (χ3n) is 1.24. The molecule has 68 valence electrons. The first-order chi connectivity index (χ1) is 5.41. The number of rotatable bonds is 0. The quantitative estimate of drug-likeness (QED) is 0.486. The highest BCUT2D eigenvalue weighted by molar-refractivity contribution is 6.31. The molecular weight excluding hydrogens is 214 g/mol. The fraction of sp³-hybridized carbons (Fsp3) is 0.333. The van der Waals surface area contributed by atoms with E-state index in [0.717, 1.165) is 6.08 Å². The third kappa shape index (κ3) is 2.08. The summed E-state index contributed by atoms with van der Waals surface area (Å²) in [6, 6.07) is 0. The van der Waals surface area contributed by atoms with Gasteiger partial charge in [0, 0.05) is 0 Å². The van der Waals surface area contributed by atoms with Crippen LogP contribution in [0.5, 0.6) is 0 Å². The van der Waals surface area contributed by atoms with Crippen molar-refractivity contribution in [2.24, 2.45) is 0 Å². The summed E-state index contributed by atoms with van der Waals surface area (Å²) in [6.07, 6.45) is -2.40. The Morgan fingerprint density at radius 1 is 1.42 bits per heavy atom. The summed E-state index contributed by atoms with van der Waals surface area (Å²) in [5.74, 6) is 0. The van der Waals surface area contributed by atoms with E-state index in [1.165, 1.54) is 6.08 Å². The molecule has 0 aliphatic carbocycles. The lowest BCUT2D eigenvalue weighted by Gasteiger charge is -2.18. The molecule has 12 heavy (non-hydrogen) atoms. The Bertz CT molecular complexity index is 244. The normalized spacial score (nSPS) is 24.2. The minimum atomic E-state index is -4.43. The van der Waals surface area contributed by atoms with Crippen molar-refractivity contribution in [3.05, 3.63) is 22.9 Å². The molecular formula is C6H4Cl2F3N. The second kappa shape index (κ2) is 3.18. The third-order valence-corrected chi connectivity index (χ3v) is 1.81. The summed E-state index contributed by atoms with van der Waals surface area (Å²) in [5.41, 5.74) is -1.58. The van der Waals surface area contributed by atoms with Gasteiger partial charge < -0.3 is 5.32 Å². The van der Waals surface area contributed by atoms with Crippen LogP contribution in [0.1, 0.15) is 0 Å². The van der Waals surface area contributed by atoms with Gasteiger partial charge in [-0.3, -0.25) is 0 Å². The van der Waals surface area contributed by atoms with Gasteiger partial charge in [0.15, 0.2) is 0 Å². The van der Waals surface area contributed by atoms with Gasteiger partial charge in [0.05, 0.1) is 5.57 Å². The molecule has 1 atom stereocenters. The highest BCUT2D eigenvalue weighted by atomic mass is 35.5. The van der Waals surface area contributed by atoms with Gasteiger partial charge >= 0.3 is 6.18 Å². The SMILES string of the molecule is FC(F)(F)C1=C(Cl)NC(Cl)C=C1. The van der Waals surface area contributed by atoms with Gasteiger partial charge in [-0.2, -0.15) is 13.2 Å². The zero-order valence-corrected chi connectivity index (χ0v) is 7.13. The molecule has 1 aliphatic rings. The topological polar surface area (TPSA) is 12.0 Å². The van der Waals surface area contributed by atoms with Crippen LogP contribution in [0, 0.1) is 0 Å².